The molecule has 0 spiro atoms. The van der Waals surface area contributed by atoms with Crippen molar-refractivity contribution in [2.45, 2.75) is 33.2 Å². The lowest BCUT2D eigenvalue weighted by Gasteiger charge is -2.15. The van der Waals surface area contributed by atoms with Crippen LogP contribution in [0.25, 0.3) is 0 Å². The van der Waals surface area contributed by atoms with Gasteiger partial charge < -0.3 is 10.3 Å². The molecule has 108 valence electrons. The Kier molecular flexibility index (Phi) is 5.12. The van der Waals surface area contributed by atoms with Crippen molar-refractivity contribution in [1.82, 2.24) is 15.3 Å². The Morgan fingerprint density at radius 2 is 2.20 bits per heavy atom. The first-order valence-corrected chi connectivity index (χ1v) is 8.13. The summed E-state index contributed by atoms with van der Waals surface area (Å²) < 4.78 is 1.15. The van der Waals surface area contributed by atoms with Gasteiger partial charge in [0.15, 0.2) is 0 Å². The first kappa shape index (κ1) is 15.4. The number of aryl methyl sites for hydroxylation is 2. The van der Waals surface area contributed by atoms with Crippen LogP contribution in [-0.4, -0.2) is 16.5 Å². The average Bonchev–Trinajstić information content (AvgIpc) is 2.73. The van der Waals surface area contributed by atoms with E-state index in [1.54, 1.807) is 18.3 Å². The Hall–Kier alpha value is -0.980. The van der Waals surface area contributed by atoms with Gasteiger partial charge in [-0.3, -0.25) is 4.79 Å². The number of nitrogens with one attached hydrogen (secondary N) is 2. The fraction of sp³-hybridized carbons (Fsp3) is 0.429. The number of H-pyrrole nitrogens is 1. The van der Waals surface area contributed by atoms with E-state index in [0.717, 1.165) is 28.0 Å². The van der Waals surface area contributed by atoms with Gasteiger partial charge in [0, 0.05) is 23.2 Å². The van der Waals surface area contributed by atoms with E-state index >= 15 is 0 Å². The lowest BCUT2D eigenvalue weighted by atomic mass is 10.1. The molecule has 2 rings (SSSR count). The Labute approximate surface area is 130 Å². The van der Waals surface area contributed by atoms with Crippen molar-refractivity contribution >= 4 is 27.3 Å². The molecule has 2 aromatic heterocycles. The van der Waals surface area contributed by atoms with E-state index < -0.39 is 0 Å². The van der Waals surface area contributed by atoms with Gasteiger partial charge in [-0.2, -0.15) is 0 Å². The highest BCUT2D eigenvalue weighted by atomic mass is 79.9. The molecule has 0 saturated heterocycles. The van der Waals surface area contributed by atoms with E-state index in [1.807, 2.05) is 13.8 Å². The van der Waals surface area contributed by atoms with Crippen LogP contribution in [0.2, 0.25) is 0 Å². The molecule has 6 heteroatoms. The summed E-state index contributed by atoms with van der Waals surface area (Å²) in [5.74, 6) is 0.659. The number of halogens is 1. The number of aromatic amines is 1. The molecule has 2 N–H and O–H groups in total. The Morgan fingerprint density at radius 1 is 1.45 bits per heavy atom. The zero-order valence-corrected chi connectivity index (χ0v) is 14.2. The van der Waals surface area contributed by atoms with Crippen LogP contribution in [0, 0.1) is 13.8 Å². The molecule has 0 aliphatic heterocycles. The Balaban J connectivity index is 1.98. The lowest BCUT2D eigenvalue weighted by molar-refractivity contribution is 0.566. The third-order valence-corrected chi connectivity index (χ3v) is 4.83. The smallest absolute Gasteiger partial charge is 0.255 e. The summed E-state index contributed by atoms with van der Waals surface area (Å²) in [4.78, 5) is 20.4. The molecule has 0 fully saturated rings. The van der Waals surface area contributed by atoms with Crippen LogP contribution in [0.3, 0.4) is 0 Å². The predicted molar refractivity (Wildman–Crippen MR) is 86.5 cm³/mol. The molecule has 0 aromatic carbocycles. The van der Waals surface area contributed by atoms with Gasteiger partial charge >= 0.3 is 0 Å². The quantitative estimate of drug-likeness (QED) is 0.866. The lowest BCUT2D eigenvalue weighted by Crippen LogP contribution is -2.29. The van der Waals surface area contributed by atoms with Gasteiger partial charge in [0.2, 0.25) is 0 Å². The van der Waals surface area contributed by atoms with E-state index in [9.17, 15) is 4.79 Å². The molecule has 1 unspecified atom stereocenters. The molecule has 2 heterocycles. The fourth-order valence-corrected chi connectivity index (χ4v) is 3.73. The van der Waals surface area contributed by atoms with E-state index in [2.05, 4.69) is 43.3 Å². The topological polar surface area (TPSA) is 57.8 Å². The highest BCUT2D eigenvalue weighted by Crippen LogP contribution is 2.22. The number of aromatic nitrogens is 2. The normalized spacial score (nSPS) is 12.6. The Bertz CT molecular complexity index is 650. The van der Waals surface area contributed by atoms with Crippen LogP contribution in [0.5, 0.6) is 0 Å². The fourth-order valence-electron chi connectivity index (χ4n) is 2.25. The van der Waals surface area contributed by atoms with Crippen molar-refractivity contribution in [3.8, 4) is 0 Å². The number of hydrogen-bond acceptors (Lipinski definition) is 4. The van der Waals surface area contributed by atoms with E-state index in [1.165, 1.54) is 4.88 Å². The zero-order chi connectivity index (χ0) is 14.7. The number of nitrogens with zero attached hydrogens (tertiary/aromatic N) is 1. The van der Waals surface area contributed by atoms with Gasteiger partial charge in [-0.1, -0.05) is 0 Å². The molecule has 2 aromatic rings. The molecule has 0 saturated carbocycles. The molecule has 0 radical (unpaired) electrons. The molecular formula is C14H18BrN3OS. The number of rotatable bonds is 5. The molecular weight excluding hydrogens is 338 g/mol. The Morgan fingerprint density at radius 3 is 2.80 bits per heavy atom. The molecule has 0 amide bonds. The summed E-state index contributed by atoms with van der Waals surface area (Å²) >= 11 is 5.20. The third kappa shape index (κ3) is 3.77. The van der Waals surface area contributed by atoms with Gasteiger partial charge in [0.25, 0.3) is 5.56 Å². The second kappa shape index (κ2) is 6.65. The van der Waals surface area contributed by atoms with Gasteiger partial charge in [-0.15, -0.1) is 11.3 Å². The van der Waals surface area contributed by atoms with Crippen LogP contribution in [0.4, 0.5) is 0 Å². The van der Waals surface area contributed by atoms with E-state index in [4.69, 9.17) is 0 Å². The maximum atomic E-state index is 12.0. The van der Waals surface area contributed by atoms with E-state index in [-0.39, 0.29) is 11.6 Å². The van der Waals surface area contributed by atoms with Crippen molar-refractivity contribution < 1.29 is 0 Å². The van der Waals surface area contributed by atoms with Crippen molar-refractivity contribution in [3.63, 3.8) is 0 Å². The first-order valence-electron chi connectivity index (χ1n) is 6.52. The van der Waals surface area contributed by atoms with Crippen LogP contribution < -0.4 is 10.9 Å². The maximum Gasteiger partial charge on any atom is 0.255 e. The van der Waals surface area contributed by atoms with Crippen molar-refractivity contribution in [3.05, 3.63) is 48.2 Å². The highest BCUT2D eigenvalue weighted by Gasteiger charge is 2.13. The minimum Gasteiger partial charge on any atom is -0.310 e. The van der Waals surface area contributed by atoms with Crippen molar-refractivity contribution in [1.29, 1.82) is 0 Å². The average molecular weight is 356 g/mol. The van der Waals surface area contributed by atoms with Crippen LogP contribution >= 0.6 is 27.3 Å². The van der Waals surface area contributed by atoms with Gasteiger partial charge in [-0.25, -0.2) is 4.98 Å². The monoisotopic (exact) mass is 355 g/mol. The van der Waals surface area contributed by atoms with Crippen molar-refractivity contribution in [2.75, 3.05) is 6.54 Å². The van der Waals surface area contributed by atoms with E-state index in [0.29, 0.717) is 5.82 Å². The predicted octanol–water partition coefficient (Wildman–Crippen LogP) is 3.10. The van der Waals surface area contributed by atoms with Crippen LogP contribution in [0.15, 0.2) is 20.7 Å². The number of thiophene rings is 1. The van der Waals surface area contributed by atoms with Crippen LogP contribution in [-0.2, 0) is 6.42 Å². The second-order valence-corrected chi connectivity index (χ2v) is 7.33. The minimum absolute atomic E-state index is 0.00440. The summed E-state index contributed by atoms with van der Waals surface area (Å²) in [5, 5.41) is 3.39. The standard InChI is InChI=1S/C14H18BrN3OS/c1-8(13-9(2)17-10(3)18-14(13)19)16-7-6-11-4-5-12(15)20-11/h4-5,8,16H,6-7H2,1-3H3,(H,17,18,19). The molecule has 0 bridgehead atoms. The molecule has 20 heavy (non-hydrogen) atoms. The molecule has 0 aliphatic carbocycles. The summed E-state index contributed by atoms with van der Waals surface area (Å²) in [7, 11) is 0. The van der Waals surface area contributed by atoms with Crippen LogP contribution in [0.1, 0.15) is 34.9 Å². The zero-order valence-electron chi connectivity index (χ0n) is 11.8. The molecule has 1 atom stereocenters. The summed E-state index contributed by atoms with van der Waals surface area (Å²) in [6.07, 6.45) is 0.955. The van der Waals surface area contributed by atoms with Gasteiger partial charge in [0.1, 0.15) is 5.82 Å². The van der Waals surface area contributed by atoms with Crippen molar-refractivity contribution in [2.24, 2.45) is 0 Å². The first-order chi connectivity index (χ1) is 9.47. The summed E-state index contributed by atoms with van der Waals surface area (Å²) in [5.41, 5.74) is 1.47. The summed E-state index contributed by atoms with van der Waals surface area (Å²) in [6, 6.07) is 4.17. The van der Waals surface area contributed by atoms with Gasteiger partial charge in [0.05, 0.1) is 9.35 Å². The summed E-state index contributed by atoms with van der Waals surface area (Å²) in [6.45, 7) is 6.51. The largest absolute Gasteiger partial charge is 0.310 e. The minimum atomic E-state index is -0.0473. The molecule has 4 nitrogen and oxygen atoms in total. The van der Waals surface area contributed by atoms with Gasteiger partial charge in [-0.05, 0) is 55.3 Å². The maximum absolute atomic E-state index is 12.0. The number of hydrogen-bond donors (Lipinski definition) is 2. The SMILES string of the molecule is Cc1nc(C)c(C(C)NCCc2ccc(Br)s2)c(=O)[nH]1. The highest BCUT2D eigenvalue weighted by molar-refractivity contribution is 9.11. The third-order valence-electron chi connectivity index (χ3n) is 3.15. The molecule has 0 aliphatic rings. The second-order valence-electron chi connectivity index (χ2n) is 4.78.